The Bertz CT molecular complexity index is 972. The first-order valence-corrected chi connectivity index (χ1v) is 8.60. The molecule has 0 fully saturated rings. The number of benzene rings is 1. The van der Waals surface area contributed by atoms with Gasteiger partial charge in [0.2, 0.25) is 10.9 Å². The molecule has 0 atom stereocenters. The number of thiol groups is 1. The fourth-order valence-electron chi connectivity index (χ4n) is 2.24. The minimum atomic E-state index is -3.17. The van der Waals surface area contributed by atoms with E-state index in [1.165, 1.54) is 18.2 Å². The number of rotatable bonds is 6. The summed E-state index contributed by atoms with van der Waals surface area (Å²) >= 11 is 0. The molecule has 11 heteroatoms. The maximum absolute atomic E-state index is 11.9. The number of oxazole rings is 1. The van der Waals surface area contributed by atoms with Gasteiger partial charge in [-0.05, 0) is 32.9 Å². The lowest BCUT2D eigenvalue weighted by molar-refractivity contribution is -0.152. The van der Waals surface area contributed by atoms with Crippen LogP contribution in [-0.4, -0.2) is 42.2 Å². The monoisotopic (exact) mass is 386 g/mol. The number of aromatic nitrogens is 1. The van der Waals surface area contributed by atoms with Crippen LogP contribution in [0.25, 0.3) is 11.1 Å². The molecule has 1 heterocycles. The van der Waals surface area contributed by atoms with Crippen molar-refractivity contribution in [2.75, 3.05) is 10.8 Å². The first kappa shape index (κ1) is 19.5. The van der Waals surface area contributed by atoms with Crippen LogP contribution in [0.15, 0.2) is 27.4 Å². The van der Waals surface area contributed by atoms with E-state index in [0.717, 1.165) is 8.87 Å². The van der Waals surface area contributed by atoms with E-state index in [9.17, 15) is 22.8 Å². The summed E-state index contributed by atoms with van der Waals surface area (Å²) < 4.78 is 34.8. The van der Waals surface area contributed by atoms with Gasteiger partial charge in [0.25, 0.3) is 0 Å². The second-order valence-corrected chi connectivity index (χ2v) is 7.34. The molecule has 0 unspecified atom stereocenters. The van der Waals surface area contributed by atoms with Gasteiger partial charge in [-0.2, -0.15) is 0 Å². The molecular weight excluding hydrogens is 368 g/mol. The van der Waals surface area contributed by atoms with Crippen LogP contribution in [0.5, 0.6) is 0 Å². The summed E-state index contributed by atoms with van der Waals surface area (Å²) in [6.45, 7) is 3.80. The van der Waals surface area contributed by atoms with Gasteiger partial charge >= 0.3 is 17.7 Å². The summed E-state index contributed by atoms with van der Waals surface area (Å²) in [6, 6.07) is 3.93. The Morgan fingerprint density at radius 3 is 2.50 bits per heavy atom. The maximum atomic E-state index is 11.9. The Kier molecular flexibility index (Phi) is 5.40. The van der Waals surface area contributed by atoms with Gasteiger partial charge in [0, 0.05) is 6.07 Å². The number of anilines is 1. The number of fused-ring (bicyclic) bond motifs is 1. The Balaban J connectivity index is 2.38. The second kappa shape index (κ2) is 7.20. The molecule has 26 heavy (non-hydrogen) atoms. The third-order valence-electron chi connectivity index (χ3n) is 3.14. The van der Waals surface area contributed by atoms with Gasteiger partial charge in [0.1, 0.15) is 18.7 Å². The summed E-state index contributed by atoms with van der Waals surface area (Å²) in [4.78, 5) is 34.5. The lowest BCUT2D eigenvalue weighted by Crippen LogP contribution is -2.34. The summed E-state index contributed by atoms with van der Waals surface area (Å²) in [7, 11) is -3.17. The minimum absolute atomic E-state index is 0.000196. The van der Waals surface area contributed by atoms with E-state index < -0.39 is 47.3 Å². The molecule has 1 aromatic carbocycles. The van der Waals surface area contributed by atoms with Crippen molar-refractivity contribution >= 4 is 39.6 Å². The third-order valence-corrected chi connectivity index (χ3v) is 3.91. The highest BCUT2D eigenvalue weighted by Gasteiger charge is 2.22. The number of carboxylic acids is 1. The average Bonchev–Trinajstić information content (AvgIpc) is 2.77. The Hall–Kier alpha value is -2.82. The molecule has 1 aromatic heterocycles. The topological polar surface area (TPSA) is 136 Å². The summed E-state index contributed by atoms with van der Waals surface area (Å²) in [6.07, 6.45) is 0. The molecule has 0 aliphatic heterocycles. The van der Waals surface area contributed by atoms with E-state index in [4.69, 9.17) is 14.3 Å². The molecule has 0 spiro atoms. The second-order valence-electron chi connectivity index (χ2n) is 6.38. The molecule has 2 rings (SSSR count). The highest BCUT2D eigenvalue weighted by Crippen LogP contribution is 2.22. The van der Waals surface area contributed by atoms with Gasteiger partial charge < -0.3 is 14.3 Å². The van der Waals surface area contributed by atoms with Gasteiger partial charge in [-0.15, -0.1) is 0 Å². The number of carboxylic acid groups (broad SMARTS) is 1. The molecule has 0 aliphatic carbocycles. The lowest BCUT2D eigenvalue weighted by Gasteiger charge is -2.22. The fraction of sp³-hybridized carbons (Fsp3) is 0.400. The average molecular weight is 386 g/mol. The number of carbonyl (C=O) groups is 2. The summed E-state index contributed by atoms with van der Waals surface area (Å²) in [5.74, 6) is -2.86. The van der Waals surface area contributed by atoms with E-state index in [1.807, 2.05) is 0 Å². The van der Waals surface area contributed by atoms with Crippen molar-refractivity contribution in [2.24, 2.45) is 0 Å². The van der Waals surface area contributed by atoms with Crippen molar-refractivity contribution in [3.05, 3.63) is 28.7 Å². The number of hydrogen-bond acceptors (Lipinski definition) is 7. The Morgan fingerprint density at radius 1 is 1.31 bits per heavy atom. The first-order valence-electron chi connectivity index (χ1n) is 7.47. The van der Waals surface area contributed by atoms with Crippen LogP contribution in [0, 0.1) is 0 Å². The van der Waals surface area contributed by atoms with Crippen molar-refractivity contribution in [2.45, 2.75) is 32.9 Å². The zero-order valence-corrected chi connectivity index (χ0v) is 15.2. The predicted molar refractivity (Wildman–Crippen MR) is 91.6 cm³/mol. The van der Waals surface area contributed by atoms with Crippen LogP contribution in [0.4, 0.5) is 5.69 Å². The largest absolute Gasteiger partial charge is 0.480 e. The number of ether oxygens (including phenoxy) is 1. The van der Waals surface area contributed by atoms with E-state index >= 15 is 0 Å². The normalized spacial score (nSPS) is 11.7. The smallest absolute Gasteiger partial charge is 0.420 e. The number of carbonyl (C=O) groups excluding carboxylic acids is 1. The highest BCUT2D eigenvalue weighted by molar-refractivity contribution is 7.74. The molecule has 0 saturated carbocycles. The number of esters is 1. The van der Waals surface area contributed by atoms with Crippen molar-refractivity contribution in [3.63, 3.8) is 0 Å². The Labute approximate surface area is 149 Å². The quantitative estimate of drug-likeness (QED) is 0.536. The lowest BCUT2D eigenvalue weighted by atomic mass is 10.2. The molecule has 0 radical (unpaired) electrons. The standard InChI is InChI=1S/C15H18N2O8S/c1-15(2,3)25-13(20)8-17(26(22)23)9-4-5-10-11(6-9)24-14(21)16(10)7-12(18)19/h4-6,26H,7-8H2,1-3H3,(H,18,19). The molecule has 2 aromatic rings. The molecule has 10 nitrogen and oxygen atoms in total. The van der Waals surface area contributed by atoms with Crippen LogP contribution < -0.4 is 10.1 Å². The van der Waals surface area contributed by atoms with Crippen LogP contribution in [0.1, 0.15) is 20.8 Å². The fourth-order valence-corrected chi connectivity index (χ4v) is 2.78. The van der Waals surface area contributed by atoms with Gasteiger partial charge in [-0.1, -0.05) is 0 Å². The van der Waals surface area contributed by atoms with Crippen LogP contribution in [0.3, 0.4) is 0 Å². The first-order chi connectivity index (χ1) is 12.0. The molecule has 142 valence electrons. The summed E-state index contributed by atoms with van der Waals surface area (Å²) in [5.41, 5.74) is -0.503. The molecule has 0 aliphatic rings. The molecule has 0 saturated heterocycles. The van der Waals surface area contributed by atoms with Crippen molar-refractivity contribution in [3.8, 4) is 0 Å². The van der Waals surface area contributed by atoms with Crippen LogP contribution in [-0.2, 0) is 31.8 Å². The number of aliphatic carboxylic acids is 1. The van der Waals surface area contributed by atoms with Gasteiger partial charge in [0.05, 0.1) is 11.2 Å². The minimum Gasteiger partial charge on any atom is -0.480 e. The zero-order chi connectivity index (χ0) is 19.6. The van der Waals surface area contributed by atoms with E-state index in [-0.39, 0.29) is 16.8 Å². The van der Waals surface area contributed by atoms with Gasteiger partial charge in [-0.25, -0.2) is 13.2 Å². The third kappa shape index (κ3) is 4.63. The van der Waals surface area contributed by atoms with Crippen LogP contribution in [0.2, 0.25) is 0 Å². The van der Waals surface area contributed by atoms with E-state index in [0.29, 0.717) is 0 Å². The highest BCUT2D eigenvalue weighted by atomic mass is 32.2. The molecule has 0 bridgehead atoms. The van der Waals surface area contributed by atoms with Crippen molar-refractivity contribution < 1.29 is 32.3 Å². The Morgan fingerprint density at radius 2 is 1.96 bits per heavy atom. The number of nitrogens with zero attached hydrogens (tertiary/aromatic N) is 2. The van der Waals surface area contributed by atoms with E-state index in [2.05, 4.69) is 0 Å². The van der Waals surface area contributed by atoms with Gasteiger partial charge in [-0.3, -0.25) is 18.5 Å². The van der Waals surface area contributed by atoms with Gasteiger partial charge in [0.15, 0.2) is 5.58 Å². The number of hydrogen-bond donors (Lipinski definition) is 2. The maximum Gasteiger partial charge on any atom is 0.420 e. The molecule has 1 N–H and O–H groups in total. The van der Waals surface area contributed by atoms with Crippen molar-refractivity contribution in [1.29, 1.82) is 0 Å². The molecular formula is C15H18N2O8S. The summed E-state index contributed by atoms with van der Waals surface area (Å²) in [5, 5.41) is 8.84. The molecule has 0 amide bonds. The van der Waals surface area contributed by atoms with Crippen LogP contribution >= 0.6 is 0 Å². The van der Waals surface area contributed by atoms with Crippen molar-refractivity contribution in [1.82, 2.24) is 4.57 Å². The van der Waals surface area contributed by atoms with E-state index in [1.54, 1.807) is 20.8 Å². The SMILES string of the molecule is CC(C)(C)OC(=O)CN(c1ccc2c(c1)oc(=O)n2CC(=O)O)[SH](=O)=O. The predicted octanol–water partition coefficient (Wildman–Crippen LogP) is 0.354. The zero-order valence-electron chi connectivity index (χ0n) is 14.3.